The van der Waals surface area contributed by atoms with Crippen LogP contribution in [0.2, 0.25) is 0 Å². The number of amides is 1. The molecule has 1 N–H and O–H groups in total. The Morgan fingerprint density at radius 3 is 2.70 bits per heavy atom. The first-order valence-electron chi connectivity index (χ1n) is 7.42. The number of nitrogens with zero attached hydrogens (tertiary/aromatic N) is 1. The third-order valence-electron chi connectivity index (χ3n) is 3.84. The Balaban J connectivity index is 1.85. The van der Waals surface area contributed by atoms with Gasteiger partial charge in [0.25, 0.3) is 0 Å². The molecule has 2 atom stereocenters. The number of rotatable bonds is 7. The van der Waals surface area contributed by atoms with Crippen LogP contribution in [0, 0.1) is 5.82 Å². The molecular weight excluding hydrogens is 321 g/mol. The molecule has 0 saturated carbocycles. The van der Waals surface area contributed by atoms with Gasteiger partial charge in [-0.15, -0.1) is 11.8 Å². The quantitative estimate of drug-likeness (QED) is 0.772. The maximum absolute atomic E-state index is 12.8. The van der Waals surface area contributed by atoms with E-state index in [0.29, 0.717) is 25.1 Å². The molecule has 1 aliphatic rings. The average molecular weight is 341 g/mol. The summed E-state index contributed by atoms with van der Waals surface area (Å²) >= 11 is 1.48. The molecule has 1 heterocycles. The summed E-state index contributed by atoms with van der Waals surface area (Å²) in [7, 11) is 1.57. The minimum Gasteiger partial charge on any atom is -0.481 e. The summed E-state index contributed by atoms with van der Waals surface area (Å²) in [6.07, 6.45) is 0.707. The number of carboxylic acid groups (broad SMARTS) is 1. The number of carbonyl (C=O) groups excluding carboxylic acids is 1. The van der Waals surface area contributed by atoms with Gasteiger partial charge in [-0.3, -0.25) is 9.59 Å². The number of hydrogen-bond acceptors (Lipinski definition) is 4. The zero-order valence-electron chi connectivity index (χ0n) is 12.9. The van der Waals surface area contributed by atoms with Crippen LogP contribution in [0.15, 0.2) is 29.2 Å². The highest BCUT2D eigenvalue weighted by atomic mass is 32.2. The molecule has 0 aliphatic carbocycles. The summed E-state index contributed by atoms with van der Waals surface area (Å²) in [6, 6.07) is 5.82. The number of carboxylic acids is 1. The molecule has 126 valence electrons. The minimum atomic E-state index is -0.912. The maximum atomic E-state index is 12.8. The van der Waals surface area contributed by atoms with Crippen molar-refractivity contribution in [3.8, 4) is 0 Å². The molecule has 23 heavy (non-hydrogen) atoms. The predicted molar refractivity (Wildman–Crippen MR) is 84.9 cm³/mol. The number of halogens is 1. The zero-order chi connectivity index (χ0) is 16.8. The average Bonchev–Trinajstić information content (AvgIpc) is 2.91. The molecule has 0 bridgehead atoms. The van der Waals surface area contributed by atoms with E-state index in [9.17, 15) is 14.0 Å². The molecule has 1 aliphatic heterocycles. The van der Waals surface area contributed by atoms with Crippen molar-refractivity contribution in [2.75, 3.05) is 19.4 Å². The van der Waals surface area contributed by atoms with E-state index in [0.717, 1.165) is 4.90 Å². The van der Waals surface area contributed by atoms with Crippen LogP contribution in [0.25, 0.3) is 0 Å². The molecule has 1 aromatic rings. The van der Waals surface area contributed by atoms with Crippen molar-refractivity contribution >= 4 is 23.6 Å². The van der Waals surface area contributed by atoms with Gasteiger partial charge in [0.15, 0.2) is 0 Å². The molecule has 0 spiro atoms. The third kappa shape index (κ3) is 5.21. The molecule has 2 rings (SSSR count). The van der Waals surface area contributed by atoms with E-state index in [1.165, 1.54) is 23.9 Å². The number of aliphatic carboxylic acids is 1. The summed E-state index contributed by atoms with van der Waals surface area (Å²) in [4.78, 5) is 25.8. The topological polar surface area (TPSA) is 66.8 Å². The number of hydrogen-bond donors (Lipinski definition) is 1. The van der Waals surface area contributed by atoms with Gasteiger partial charge in [0.05, 0.1) is 12.5 Å². The van der Waals surface area contributed by atoms with Gasteiger partial charge in [-0.25, -0.2) is 4.39 Å². The molecule has 1 aromatic carbocycles. The van der Waals surface area contributed by atoms with Crippen LogP contribution in [0.4, 0.5) is 4.39 Å². The number of methoxy groups -OCH3 is 1. The van der Waals surface area contributed by atoms with Crippen molar-refractivity contribution in [2.45, 2.75) is 36.3 Å². The fraction of sp³-hybridized carbons (Fsp3) is 0.500. The van der Waals surface area contributed by atoms with Gasteiger partial charge in [-0.2, -0.15) is 0 Å². The predicted octanol–water partition coefficient (Wildman–Crippen LogP) is 2.40. The molecule has 5 nitrogen and oxygen atoms in total. The largest absolute Gasteiger partial charge is 0.481 e. The van der Waals surface area contributed by atoms with Crippen LogP contribution in [0.1, 0.15) is 19.3 Å². The Morgan fingerprint density at radius 1 is 1.39 bits per heavy atom. The van der Waals surface area contributed by atoms with E-state index >= 15 is 0 Å². The van der Waals surface area contributed by atoms with Crippen LogP contribution in [0.5, 0.6) is 0 Å². The number of ether oxygens (including phenoxy) is 1. The monoisotopic (exact) mass is 341 g/mol. The van der Waals surface area contributed by atoms with Gasteiger partial charge in [-0.1, -0.05) is 0 Å². The minimum absolute atomic E-state index is 0.0588. The van der Waals surface area contributed by atoms with Gasteiger partial charge >= 0.3 is 5.97 Å². The number of likely N-dealkylation sites (tertiary alicyclic amines) is 1. The van der Waals surface area contributed by atoms with Crippen LogP contribution < -0.4 is 0 Å². The van der Waals surface area contributed by atoms with Gasteiger partial charge in [0, 0.05) is 36.8 Å². The molecule has 2 unspecified atom stereocenters. The highest BCUT2D eigenvalue weighted by Crippen LogP contribution is 2.25. The third-order valence-corrected chi connectivity index (χ3v) is 4.85. The van der Waals surface area contributed by atoms with Crippen molar-refractivity contribution in [3.63, 3.8) is 0 Å². The first-order valence-corrected chi connectivity index (χ1v) is 8.40. The van der Waals surface area contributed by atoms with Gasteiger partial charge in [0.2, 0.25) is 5.91 Å². The molecule has 7 heteroatoms. The summed E-state index contributed by atoms with van der Waals surface area (Å²) < 4.78 is 18.1. The summed E-state index contributed by atoms with van der Waals surface area (Å²) in [5.74, 6) is -0.696. The van der Waals surface area contributed by atoms with Crippen molar-refractivity contribution < 1.29 is 23.8 Å². The van der Waals surface area contributed by atoms with Crippen molar-refractivity contribution in [2.24, 2.45) is 0 Å². The van der Waals surface area contributed by atoms with Crippen LogP contribution in [-0.4, -0.2) is 53.4 Å². The lowest BCUT2D eigenvalue weighted by molar-refractivity contribution is -0.139. The highest BCUT2D eigenvalue weighted by molar-refractivity contribution is 7.99. The zero-order valence-corrected chi connectivity index (χ0v) is 13.7. The van der Waals surface area contributed by atoms with E-state index in [4.69, 9.17) is 9.84 Å². The summed E-state index contributed by atoms with van der Waals surface area (Å²) in [5.41, 5.74) is 0. The summed E-state index contributed by atoms with van der Waals surface area (Å²) in [6.45, 7) is 0.439. The van der Waals surface area contributed by atoms with E-state index in [1.807, 2.05) is 0 Å². The number of thioether (sulfide) groups is 1. The second-order valence-electron chi connectivity index (χ2n) is 5.44. The Morgan fingerprint density at radius 2 is 2.09 bits per heavy atom. The van der Waals surface area contributed by atoms with E-state index < -0.39 is 5.97 Å². The van der Waals surface area contributed by atoms with E-state index in [1.54, 1.807) is 24.1 Å². The first kappa shape index (κ1) is 17.7. The molecular formula is C16H20FNO4S. The van der Waals surface area contributed by atoms with Gasteiger partial charge in [0.1, 0.15) is 5.82 Å². The Labute approximate surface area is 138 Å². The molecule has 0 radical (unpaired) electrons. The molecule has 1 saturated heterocycles. The fourth-order valence-corrected chi connectivity index (χ4v) is 3.52. The lowest BCUT2D eigenvalue weighted by Gasteiger charge is -2.23. The van der Waals surface area contributed by atoms with E-state index in [-0.39, 0.29) is 30.3 Å². The van der Waals surface area contributed by atoms with Crippen molar-refractivity contribution in [1.82, 2.24) is 4.90 Å². The number of carbonyl (C=O) groups is 2. The standard InChI is InChI=1S/C16H20FNO4S/c1-22-13-8-12(9-16(20)21)18(10-13)15(19)6-7-23-14-4-2-11(17)3-5-14/h2-5,12-13H,6-10H2,1H3,(H,20,21). The van der Waals surface area contributed by atoms with Crippen LogP contribution in [0.3, 0.4) is 0 Å². The summed E-state index contributed by atoms with van der Waals surface area (Å²) in [5, 5.41) is 8.97. The normalized spacial score (nSPS) is 20.7. The number of benzene rings is 1. The van der Waals surface area contributed by atoms with Gasteiger partial charge in [-0.05, 0) is 30.7 Å². The fourth-order valence-electron chi connectivity index (χ4n) is 2.68. The Kier molecular flexibility index (Phi) is 6.41. The van der Waals surface area contributed by atoms with Crippen LogP contribution in [-0.2, 0) is 14.3 Å². The van der Waals surface area contributed by atoms with Crippen molar-refractivity contribution in [3.05, 3.63) is 30.1 Å². The molecule has 0 aromatic heterocycles. The lowest BCUT2D eigenvalue weighted by atomic mass is 10.1. The molecule has 1 fully saturated rings. The lowest BCUT2D eigenvalue weighted by Crippen LogP contribution is -2.37. The van der Waals surface area contributed by atoms with Gasteiger partial charge < -0.3 is 14.7 Å². The maximum Gasteiger partial charge on any atom is 0.305 e. The van der Waals surface area contributed by atoms with E-state index in [2.05, 4.69) is 0 Å². The Hall–Kier alpha value is -1.60. The SMILES string of the molecule is COC1CC(CC(=O)O)N(C(=O)CCSc2ccc(F)cc2)C1. The highest BCUT2D eigenvalue weighted by Gasteiger charge is 2.36. The second-order valence-corrected chi connectivity index (χ2v) is 6.61. The first-order chi connectivity index (χ1) is 11.0. The Bertz CT molecular complexity index is 552. The molecule has 1 amide bonds. The smallest absolute Gasteiger partial charge is 0.305 e. The van der Waals surface area contributed by atoms with Crippen molar-refractivity contribution in [1.29, 1.82) is 0 Å². The second kappa shape index (κ2) is 8.31. The van der Waals surface area contributed by atoms with Crippen LogP contribution >= 0.6 is 11.8 Å².